The summed E-state index contributed by atoms with van der Waals surface area (Å²) in [7, 11) is 0. The zero-order chi connectivity index (χ0) is 13.1. The third-order valence-electron chi connectivity index (χ3n) is 3.14. The van der Waals surface area contributed by atoms with Crippen LogP contribution in [0.3, 0.4) is 0 Å². The molecule has 0 saturated heterocycles. The lowest BCUT2D eigenvalue weighted by atomic mass is 10.1. The number of pyridine rings is 1. The Morgan fingerprint density at radius 3 is 2.83 bits per heavy atom. The molecular weight excluding hydrogens is 224 g/mol. The normalized spacial score (nSPS) is 12.7. The highest BCUT2D eigenvalue weighted by atomic mass is 15.3. The van der Waals surface area contributed by atoms with Gasteiger partial charge in [0.1, 0.15) is 0 Å². The van der Waals surface area contributed by atoms with Crippen LogP contribution >= 0.6 is 0 Å². The van der Waals surface area contributed by atoms with Crippen molar-refractivity contribution < 1.29 is 0 Å². The molecule has 1 atom stereocenters. The van der Waals surface area contributed by atoms with Crippen LogP contribution in [0.5, 0.6) is 0 Å². The van der Waals surface area contributed by atoms with Gasteiger partial charge < -0.3 is 5.32 Å². The second kappa shape index (κ2) is 5.31. The minimum Gasteiger partial charge on any atom is -0.310 e. The molecule has 2 heterocycles. The summed E-state index contributed by atoms with van der Waals surface area (Å²) in [4.78, 5) is 4.37. The molecule has 0 radical (unpaired) electrons. The minimum atomic E-state index is 0.313. The maximum atomic E-state index is 4.44. The molecular formula is C14H20N4. The molecule has 0 amide bonds. The molecule has 0 aromatic carbocycles. The fourth-order valence-corrected chi connectivity index (χ4v) is 2.13. The lowest BCUT2D eigenvalue weighted by Gasteiger charge is -2.12. The summed E-state index contributed by atoms with van der Waals surface area (Å²) in [5.74, 6) is 0.877. The highest BCUT2D eigenvalue weighted by molar-refractivity contribution is 5.32. The maximum absolute atomic E-state index is 4.44. The molecule has 2 rings (SSSR count). The van der Waals surface area contributed by atoms with E-state index in [4.69, 9.17) is 0 Å². The van der Waals surface area contributed by atoms with Crippen LogP contribution in [0.15, 0.2) is 24.5 Å². The van der Waals surface area contributed by atoms with E-state index in [-0.39, 0.29) is 0 Å². The lowest BCUT2D eigenvalue weighted by molar-refractivity contribution is 0.594. The molecule has 0 bridgehead atoms. The highest BCUT2D eigenvalue weighted by Crippen LogP contribution is 2.19. The maximum Gasteiger partial charge on any atom is 0.153 e. The fourth-order valence-electron chi connectivity index (χ4n) is 2.13. The van der Waals surface area contributed by atoms with Gasteiger partial charge in [0.15, 0.2) is 5.82 Å². The lowest BCUT2D eigenvalue weighted by Crippen LogP contribution is -2.18. The van der Waals surface area contributed by atoms with Gasteiger partial charge >= 0.3 is 0 Å². The van der Waals surface area contributed by atoms with Gasteiger partial charge in [-0.25, -0.2) is 9.67 Å². The Morgan fingerprint density at radius 2 is 2.17 bits per heavy atom. The quantitative estimate of drug-likeness (QED) is 0.898. The summed E-state index contributed by atoms with van der Waals surface area (Å²) in [5, 5.41) is 7.85. The number of aromatic nitrogens is 3. The zero-order valence-electron chi connectivity index (χ0n) is 11.4. The Bertz CT molecular complexity index is 530. The van der Waals surface area contributed by atoms with Crippen LogP contribution in [0.25, 0.3) is 5.82 Å². The van der Waals surface area contributed by atoms with Crippen LogP contribution in [0.1, 0.15) is 36.7 Å². The molecule has 0 aliphatic rings. The van der Waals surface area contributed by atoms with E-state index in [0.717, 1.165) is 18.1 Å². The van der Waals surface area contributed by atoms with E-state index in [1.54, 1.807) is 0 Å². The average Bonchev–Trinajstić information content (AvgIpc) is 2.71. The van der Waals surface area contributed by atoms with E-state index < -0.39 is 0 Å². The van der Waals surface area contributed by atoms with Gasteiger partial charge in [-0.2, -0.15) is 5.10 Å². The van der Waals surface area contributed by atoms with Crippen molar-refractivity contribution in [3.05, 3.63) is 41.3 Å². The molecule has 96 valence electrons. The predicted octanol–water partition coefficient (Wildman–Crippen LogP) is 2.55. The monoisotopic (exact) mass is 244 g/mol. The molecule has 0 aliphatic heterocycles. The number of hydrogen-bond donors (Lipinski definition) is 1. The smallest absolute Gasteiger partial charge is 0.153 e. The number of nitrogens with zero attached hydrogens (tertiary/aromatic N) is 3. The van der Waals surface area contributed by atoms with Crippen molar-refractivity contribution in [1.29, 1.82) is 0 Å². The molecule has 1 unspecified atom stereocenters. The SMILES string of the molecule is CCNC(C)c1cnn(-c2cc(C)ccn2)c1C. The van der Waals surface area contributed by atoms with E-state index >= 15 is 0 Å². The second-order valence-electron chi connectivity index (χ2n) is 4.57. The summed E-state index contributed by atoms with van der Waals surface area (Å²) in [6.07, 6.45) is 3.74. The van der Waals surface area contributed by atoms with Crippen molar-refractivity contribution in [2.24, 2.45) is 0 Å². The van der Waals surface area contributed by atoms with Crippen molar-refractivity contribution in [2.45, 2.75) is 33.7 Å². The van der Waals surface area contributed by atoms with E-state index in [0.29, 0.717) is 6.04 Å². The zero-order valence-corrected chi connectivity index (χ0v) is 11.4. The van der Waals surface area contributed by atoms with Crippen molar-refractivity contribution in [3.63, 3.8) is 0 Å². The minimum absolute atomic E-state index is 0.313. The number of aryl methyl sites for hydroxylation is 1. The Hall–Kier alpha value is -1.68. The van der Waals surface area contributed by atoms with Crippen molar-refractivity contribution >= 4 is 0 Å². The third-order valence-corrected chi connectivity index (χ3v) is 3.14. The van der Waals surface area contributed by atoms with Gasteiger partial charge in [0.2, 0.25) is 0 Å². The van der Waals surface area contributed by atoms with E-state index in [2.05, 4.69) is 43.1 Å². The fraction of sp³-hybridized carbons (Fsp3) is 0.429. The highest BCUT2D eigenvalue weighted by Gasteiger charge is 2.13. The summed E-state index contributed by atoms with van der Waals surface area (Å²) in [6.45, 7) is 9.36. The summed E-state index contributed by atoms with van der Waals surface area (Å²) in [5.41, 5.74) is 3.55. The Balaban J connectivity index is 2.36. The van der Waals surface area contributed by atoms with Crippen LogP contribution in [0, 0.1) is 13.8 Å². The van der Waals surface area contributed by atoms with Gasteiger partial charge in [-0.15, -0.1) is 0 Å². The van der Waals surface area contributed by atoms with E-state index in [9.17, 15) is 0 Å². The van der Waals surface area contributed by atoms with E-state index in [1.165, 1.54) is 11.1 Å². The van der Waals surface area contributed by atoms with Gasteiger partial charge in [-0.05, 0) is 45.0 Å². The van der Waals surface area contributed by atoms with Crippen LogP contribution in [-0.2, 0) is 0 Å². The molecule has 18 heavy (non-hydrogen) atoms. The number of rotatable bonds is 4. The topological polar surface area (TPSA) is 42.7 Å². The molecule has 4 heteroatoms. The third kappa shape index (κ3) is 2.43. The van der Waals surface area contributed by atoms with Crippen LogP contribution in [-0.4, -0.2) is 21.3 Å². The van der Waals surface area contributed by atoms with E-state index in [1.807, 2.05) is 29.2 Å². The molecule has 0 spiro atoms. The predicted molar refractivity (Wildman–Crippen MR) is 72.9 cm³/mol. The summed E-state index contributed by atoms with van der Waals surface area (Å²) < 4.78 is 1.90. The standard InChI is InChI=1S/C14H20N4/c1-5-15-11(3)13-9-17-18(12(13)4)14-8-10(2)6-7-16-14/h6-9,11,15H,5H2,1-4H3. The first-order valence-corrected chi connectivity index (χ1v) is 6.34. The molecule has 0 saturated carbocycles. The summed E-state index contributed by atoms with van der Waals surface area (Å²) >= 11 is 0. The Labute approximate surface area is 108 Å². The van der Waals surface area contributed by atoms with Crippen molar-refractivity contribution in [1.82, 2.24) is 20.1 Å². The first kappa shape index (κ1) is 12.8. The van der Waals surface area contributed by atoms with Crippen LogP contribution in [0.4, 0.5) is 0 Å². The molecule has 0 aliphatic carbocycles. The van der Waals surface area contributed by atoms with Crippen LogP contribution in [0.2, 0.25) is 0 Å². The van der Waals surface area contributed by atoms with Gasteiger partial charge in [-0.1, -0.05) is 6.92 Å². The van der Waals surface area contributed by atoms with Gasteiger partial charge in [0, 0.05) is 23.5 Å². The van der Waals surface area contributed by atoms with Gasteiger partial charge in [0.05, 0.1) is 6.20 Å². The Kier molecular flexibility index (Phi) is 3.77. The van der Waals surface area contributed by atoms with Gasteiger partial charge in [0.25, 0.3) is 0 Å². The summed E-state index contributed by atoms with van der Waals surface area (Å²) in [6, 6.07) is 4.35. The Morgan fingerprint density at radius 1 is 1.39 bits per heavy atom. The van der Waals surface area contributed by atoms with Gasteiger partial charge in [-0.3, -0.25) is 0 Å². The second-order valence-corrected chi connectivity index (χ2v) is 4.57. The largest absolute Gasteiger partial charge is 0.310 e. The number of hydrogen-bond acceptors (Lipinski definition) is 3. The molecule has 4 nitrogen and oxygen atoms in total. The first-order valence-electron chi connectivity index (χ1n) is 6.34. The number of nitrogens with one attached hydrogen (secondary N) is 1. The molecule has 2 aromatic heterocycles. The van der Waals surface area contributed by atoms with Crippen molar-refractivity contribution in [3.8, 4) is 5.82 Å². The molecule has 1 N–H and O–H groups in total. The van der Waals surface area contributed by atoms with Crippen molar-refractivity contribution in [2.75, 3.05) is 6.54 Å². The first-order chi connectivity index (χ1) is 8.63. The molecule has 2 aromatic rings. The average molecular weight is 244 g/mol. The van der Waals surface area contributed by atoms with Crippen LogP contribution < -0.4 is 5.32 Å². The molecule has 0 fully saturated rings.